The molecule has 2 aliphatic rings. The number of ether oxygens (including phenoxy) is 1. The van der Waals surface area contributed by atoms with Crippen molar-refractivity contribution in [2.75, 3.05) is 24.5 Å². The lowest BCUT2D eigenvalue weighted by Crippen LogP contribution is -2.54. The molecular weight excluding hydrogens is 914 g/mol. The van der Waals surface area contributed by atoms with Crippen molar-refractivity contribution in [1.29, 1.82) is 0 Å². The van der Waals surface area contributed by atoms with Crippen LogP contribution in [0.25, 0.3) is 0 Å². The predicted octanol–water partition coefficient (Wildman–Crippen LogP) is 8.88. The monoisotopic (exact) mass is 951 g/mol. The number of aldehydes is 1. The average Bonchev–Trinajstić information content (AvgIpc) is 3.76. The zero-order chi connectivity index (χ0) is 43.7. The molecule has 310 valence electrons. The van der Waals surface area contributed by atoms with Crippen LogP contribution in [-0.4, -0.2) is 60.7 Å². The van der Waals surface area contributed by atoms with Crippen LogP contribution >= 0.6 is 31.9 Å². The average molecular weight is 954 g/mol. The van der Waals surface area contributed by atoms with E-state index in [1.165, 1.54) is 12.0 Å². The van der Waals surface area contributed by atoms with E-state index >= 15 is 0 Å². The number of nitrogens with one attached hydrogen (secondary N) is 4. The Morgan fingerprint density at radius 1 is 0.726 bits per heavy atom. The van der Waals surface area contributed by atoms with E-state index in [9.17, 15) is 19.2 Å². The molecule has 8 rings (SSSR count). The summed E-state index contributed by atoms with van der Waals surface area (Å²) in [7, 11) is 1.53. The fourth-order valence-electron chi connectivity index (χ4n) is 5.92. The van der Waals surface area contributed by atoms with Crippen molar-refractivity contribution in [3.8, 4) is 17.6 Å². The number of para-hydroxylation sites is 2. The van der Waals surface area contributed by atoms with Gasteiger partial charge in [-0.3, -0.25) is 30.6 Å². The second-order valence-electron chi connectivity index (χ2n) is 13.6. The van der Waals surface area contributed by atoms with Crippen LogP contribution in [0.2, 0.25) is 0 Å². The molecule has 0 unspecified atom stereocenters. The fourth-order valence-corrected chi connectivity index (χ4v) is 6.45. The maximum Gasteiger partial charge on any atom is 0.323 e. The summed E-state index contributed by atoms with van der Waals surface area (Å²) in [5, 5.41) is 13.2. The van der Waals surface area contributed by atoms with Gasteiger partial charge in [0.15, 0.2) is 0 Å². The zero-order valence-electron chi connectivity index (χ0n) is 33.2. The molecule has 4 N–H and O–H groups in total. The molecule has 0 spiro atoms. The number of hydrogen-bond donors (Lipinski definition) is 4. The number of halogens is 2. The number of urea groups is 1. The molecule has 12 nitrogen and oxygen atoms in total. The van der Waals surface area contributed by atoms with Gasteiger partial charge in [0.1, 0.15) is 12.0 Å². The van der Waals surface area contributed by atoms with Gasteiger partial charge in [0.25, 0.3) is 11.8 Å². The molecular formula is C48H39Br2N7O5. The van der Waals surface area contributed by atoms with Crippen molar-refractivity contribution in [3.05, 3.63) is 194 Å². The van der Waals surface area contributed by atoms with Gasteiger partial charge in [0, 0.05) is 32.2 Å². The van der Waals surface area contributed by atoms with Crippen LogP contribution < -0.4 is 26.2 Å². The Morgan fingerprint density at radius 3 is 1.76 bits per heavy atom. The normalized spacial score (nSPS) is 14.9. The van der Waals surface area contributed by atoms with E-state index in [-0.39, 0.29) is 12.5 Å². The van der Waals surface area contributed by atoms with E-state index < -0.39 is 17.5 Å². The summed E-state index contributed by atoms with van der Waals surface area (Å²) >= 11 is 6.65. The largest absolute Gasteiger partial charge is 0.497 e. The molecule has 2 heterocycles. The number of anilines is 2. The first kappa shape index (κ1) is 44.2. The smallest absolute Gasteiger partial charge is 0.323 e. The standard InChI is InChI=1S/C28H23N5O4.C13H11BrN2.C7H5BrO/c1-37-23-12-11-21-17-33(25(34)24(21)15-23)18-28(26(35)30-27(36)31-28)14-13-19-7-9-20(10-8-19)16-29-32-22-5-3-2-4-6-22;14-12-8-6-11(7-9-12)10-15-16-13-4-2-1-3-5-13;8-7-3-1-6(5-9)2-4-7/h2-12,15-16,32H,17-18H2,1H3,(H2,30,31,35,36);1-10,16H;1-5H/b29-16-;15-10-;/t28-;;/m1../s1. The SMILES string of the molecule is Brc1ccc(/C=N\Nc2ccccc2)cc1.COc1ccc2c(c1)C(=O)N(C[C@@]1(C#Cc3ccc(/C=N\Nc4ccccc4)cc3)NC(=O)NC1=O)C2.O=Cc1ccc(Br)cc1. The number of amides is 4. The zero-order valence-corrected chi connectivity index (χ0v) is 36.4. The Bertz CT molecular complexity index is 2620. The second-order valence-corrected chi connectivity index (χ2v) is 15.4. The van der Waals surface area contributed by atoms with Crippen LogP contribution in [0.4, 0.5) is 16.2 Å². The Kier molecular flexibility index (Phi) is 15.5. The quantitative estimate of drug-likeness (QED) is 0.0352. The minimum absolute atomic E-state index is 0.0939. The molecule has 1 atom stereocenters. The fraction of sp³-hybridized carbons (Fsp3) is 0.0833. The predicted molar refractivity (Wildman–Crippen MR) is 249 cm³/mol. The number of benzene rings is 6. The van der Waals surface area contributed by atoms with Gasteiger partial charge in [-0.2, -0.15) is 10.2 Å². The summed E-state index contributed by atoms with van der Waals surface area (Å²) in [4.78, 5) is 49.5. The lowest BCUT2D eigenvalue weighted by atomic mass is 9.99. The number of imide groups is 1. The van der Waals surface area contributed by atoms with E-state index in [0.29, 0.717) is 29.0 Å². The summed E-state index contributed by atoms with van der Waals surface area (Å²) in [6.07, 6.45) is 4.30. The highest BCUT2D eigenvalue weighted by Crippen LogP contribution is 2.28. The Morgan fingerprint density at radius 2 is 1.26 bits per heavy atom. The van der Waals surface area contributed by atoms with E-state index in [1.807, 2.05) is 115 Å². The number of carbonyl (C=O) groups is 4. The number of methoxy groups -OCH3 is 1. The summed E-state index contributed by atoms with van der Waals surface area (Å²) in [5.41, 5.74) is 10.8. The Hall–Kier alpha value is -7.34. The van der Waals surface area contributed by atoms with Crippen LogP contribution in [0.15, 0.2) is 171 Å². The highest BCUT2D eigenvalue weighted by Gasteiger charge is 2.48. The van der Waals surface area contributed by atoms with Gasteiger partial charge in [0.2, 0.25) is 5.54 Å². The van der Waals surface area contributed by atoms with E-state index in [4.69, 9.17) is 4.74 Å². The van der Waals surface area contributed by atoms with Crippen molar-refractivity contribution in [3.63, 3.8) is 0 Å². The molecule has 6 aromatic carbocycles. The molecule has 1 fully saturated rings. The van der Waals surface area contributed by atoms with Crippen LogP contribution in [0.3, 0.4) is 0 Å². The molecule has 0 saturated carbocycles. The number of hydrazone groups is 2. The minimum Gasteiger partial charge on any atom is -0.497 e. The van der Waals surface area contributed by atoms with Gasteiger partial charge in [-0.15, -0.1) is 0 Å². The van der Waals surface area contributed by atoms with Crippen molar-refractivity contribution in [2.45, 2.75) is 12.1 Å². The van der Waals surface area contributed by atoms with Crippen LogP contribution in [0, 0.1) is 11.8 Å². The topological polar surface area (TPSA) is 154 Å². The third kappa shape index (κ3) is 12.6. The molecule has 4 amide bonds. The maximum absolute atomic E-state index is 13.0. The first-order chi connectivity index (χ1) is 30.1. The van der Waals surface area contributed by atoms with E-state index in [0.717, 1.165) is 43.3 Å². The first-order valence-electron chi connectivity index (χ1n) is 19.0. The third-order valence-electron chi connectivity index (χ3n) is 9.13. The van der Waals surface area contributed by atoms with Crippen molar-refractivity contribution >= 4 is 79.8 Å². The Balaban J connectivity index is 0.000000209. The summed E-state index contributed by atoms with van der Waals surface area (Å²) < 4.78 is 7.28. The summed E-state index contributed by atoms with van der Waals surface area (Å²) in [6, 6.07) is 46.5. The van der Waals surface area contributed by atoms with Gasteiger partial charge in [0.05, 0.1) is 37.5 Å². The van der Waals surface area contributed by atoms with Crippen LogP contribution in [0.1, 0.15) is 43.0 Å². The second kappa shape index (κ2) is 21.8. The lowest BCUT2D eigenvalue weighted by Gasteiger charge is -2.26. The number of nitrogens with zero attached hydrogens (tertiary/aromatic N) is 3. The van der Waals surface area contributed by atoms with Gasteiger partial charge < -0.3 is 15.0 Å². The first-order valence-corrected chi connectivity index (χ1v) is 20.6. The number of rotatable bonds is 10. The number of hydrogen-bond acceptors (Lipinski definition) is 9. The molecule has 0 bridgehead atoms. The highest BCUT2D eigenvalue weighted by atomic mass is 79.9. The molecule has 0 radical (unpaired) electrons. The van der Waals surface area contributed by atoms with Crippen LogP contribution in [-0.2, 0) is 11.3 Å². The number of carbonyl (C=O) groups excluding carboxylic acids is 4. The molecule has 14 heteroatoms. The van der Waals surface area contributed by atoms with Crippen LogP contribution in [0.5, 0.6) is 5.75 Å². The van der Waals surface area contributed by atoms with Gasteiger partial charge in [-0.25, -0.2) is 4.79 Å². The molecule has 0 aromatic heterocycles. The van der Waals surface area contributed by atoms with Crippen molar-refractivity contribution < 1.29 is 23.9 Å². The number of fused-ring (bicyclic) bond motifs is 1. The van der Waals surface area contributed by atoms with Gasteiger partial charge in [-0.05, 0) is 89.5 Å². The van der Waals surface area contributed by atoms with Crippen molar-refractivity contribution in [1.82, 2.24) is 15.5 Å². The molecule has 6 aromatic rings. The van der Waals surface area contributed by atoms with E-state index in [2.05, 4.69) is 75.4 Å². The maximum atomic E-state index is 13.0. The minimum atomic E-state index is -1.57. The lowest BCUT2D eigenvalue weighted by molar-refractivity contribution is -0.122. The molecule has 62 heavy (non-hydrogen) atoms. The molecule has 2 aliphatic heterocycles. The molecule has 0 aliphatic carbocycles. The summed E-state index contributed by atoms with van der Waals surface area (Å²) in [5.74, 6) is 5.61. The summed E-state index contributed by atoms with van der Waals surface area (Å²) in [6.45, 7) is 0.207. The highest BCUT2D eigenvalue weighted by molar-refractivity contribution is 9.10. The van der Waals surface area contributed by atoms with Gasteiger partial charge >= 0.3 is 6.03 Å². The third-order valence-corrected chi connectivity index (χ3v) is 10.2. The van der Waals surface area contributed by atoms with Crippen molar-refractivity contribution in [2.24, 2.45) is 10.2 Å². The Labute approximate surface area is 375 Å². The van der Waals surface area contributed by atoms with Gasteiger partial charge in [-0.1, -0.05) is 123 Å². The van der Waals surface area contributed by atoms with E-state index in [1.54, 1.807) is 48.8 Å². The molecule has 1 saturated heterocycles.